The van der Waals surface area contributed by atoms with Crippen molar-refractivity contribution in [1.82, 2.24) is 24.7 Å². The van der Waals surface area contributed by atoms with Crippen LogP contribution in [0.2, 0.25) is 0 Å². The zero-order valence-corrected chi connectivity index (χ0v) is 19.5. The van der Waals surface area contributed by atoms with E-state index in [0.29, 0.717) is 12.8 Å². The van der Waals surface area contributed by atoms with Gasteiger partial charge in [-0.25, -0.2) is 9.97 Å². The lowest BCUT2D eigenvalue weighted by Crippen LogP contribution is -2.52. The topological polar surface area (TPSA) is 78.2 Å². The van der Waals surface area contributed by atoms with Crippen LogP contribution in [0.1, 0.15) is 42.9 Å². The van der Waals surface area contributed by atoms with Crippen LogP contribution in [0.5, 0.6) is 0 Å². The Bertz CT molecular complexity index is 1280. The molecule has 3 aromatic heterocycles. The van der Waals surface area contributed by atoms with Crippen molar-refractivity contribution < 1.29 is 18.3 Å². The Labute approximate surface area is 199 Å². The van der Waals surface area contributed by atoms with Gasteiger partial charge in [0, 0.05) is 35.0 Å². The summed E-state index contributed by atoms with van der Waals surface area (Å²) in [5.74, 6) is 0.226. The fourth-order valence-corrected chi connectivity index (χ4v) is 5.32. The van der Waals surface area contributed by atoms with Gasteiger partial charge in [-0.2, -0.15) is 13.2 Å². The minimum atomic E-state index is -4.79. The van der Waals surface area contributed by atoms with E-state index < -0.39 is 18.3 Å². The molecule has 4 aromatic rings. The zero-order valence-electron chi connectivity index (χ0n) is 18.6. The number of rotatable bonds is 6. The monoisotopic (exact) mass is 489 g/mol. The van der Waals surface area contributed by atoms with E-state index in [1.807, 2.05) is 22.9 Å². The summed E-state index contributed by atoms with van der Waals surface area (Å²) in [4.78, 5) is 13.0. The molecule has 1 atom stereocenters. The summed E-state index contributed by atoms with van der Waals surface area (Å²) < 4.78 is 43.6. The first-order valence-corrected chi connectivity index (χ1v) is 12.5. The molecule has 180 valence electrons. The molecular formula is C24H26F3N5OS. The van der Waals surface area contributed by atoms with Crippen LogP contribution in [0.25, 0.3) is 16.6 Å². The molecular weight excluding hydrogens is 463 g/mol. The summed E-state index contributed by atoms with van der Waals surface area (Å²) in [6.07, 6.45) is 5.47. The molecule has 1 aromatic carbocycles. The highest BCUT2D eigenvalue weighted by Gasteiger charge is 2.55. The number of imidazole rings is 1. The number of aromatic nitrogens is 4. The minimum absolute atomic E-state index is 0.0987. The number of hydrogen-bond acceptors (Lipinski definition) is 5. The molecule has 10 heteroatoms. The highest BCUT2D eigenvalue weighted by molar-refractivity contribution is 7.98. The quantitative estimate of drug-likeness (QED) is 0.332. The summed E-state index contributed by atoms with van der Waals surface area (Å²) in [6, 6.07) is 7.82. The molecule has 34 heavy (non-hydrogen) atoms. The average molecular weight is 490 g/mol. The summed E-state index contributed by atoms with van der Waals surface area (Å²) in [5.41, 5.74) is -0.239. The third-order valence-electron chi connectivity index (χ3n) is 6.91. The van der Waals surface area contributed by atoms with E-state index in [1.54, 1.807) is 24.8 Å². The molecule has 1 aliphatic carbocycles. The van der Waals surface area contributed by atoms with Crippen LogP contribution < -0.4 is 5.32 Å². The van der Waals surface area contributed by atoms with Gasteiger partial charge in [-0.15, -0.1) is 11.8 Å². The maximum atomic E-state index is 13.9. The number of fused-ring (bicyclic) bond motifs is 3. The lowest BCUT2D eigenvalue weighted by Gasteiger charge is -2.35. The first-order chi connectivity index (χ1) is 16.3. The van der Waals surface area contributed by atoms with Gasteiger partial charge in [-0.1, -0.05) is 12.1 Å². The molecule has 0 aliphatic heterocycles. The van der Waals surface area contributed by atoms with E-state index >= 15 is 0 Å². The SMILES string of the molecule is CSc1ccc(C(O)(CNC2CCC(c3ncn4cnc5[nH]ccc5c34)CC2)C(F)(F)F)cc1. The number of thioether (sulfide) groups is 1. The fourth-order valence-electron chi connectivity index (χ4n) is 4.91. The Balaban J connectivity index is 1.28. The van der Waals surface area contributed by atoms with Gasteiger partial charge in [0.15, 0.2) is 5.60 Å². The van der Waals surface area contributed by atoms with Crippen LogP contribution in [0.4, 0.5) is 13.2 Å². The van der Waals surface area contributed by atoms with Crippen LogP contribution in [0, 0.1) is 0 Å². The van der Waals surface area contributed by atoms with Crippen molar-refractivity contribution in [2.24, 2.45) is 0 Å². The smallest absolute Gasteiger partial charge is 0.375 e. The van der Waals surface area contributed by atoms with E-state index in [0.717, 1.165) is 40.0 Å². The van der Waals surface area contributed by atoms with Crippen molar-refractivity contribution in [1.29, 1.82) is 0 Å². The summed E-state index contributed by atoms with van der Waals surface area (Å²) in [6.45, 7) is -0.576. The van der Waals surface area contributed by atoms with Gasteiger partial charge in [0.1, 0.15) is 18.3 Å². The van der Waals surface area contributed by atoms with Gasteiger partial charge in [-0.05, 0) is 55.7 Å². The molecule has 0 bridgehead atoms. The van der Waals surface area contributed by atoms with Gasteiger partial charge in [-0.3, -0.25) is 4.40 Å². The first-order valence-electron chi connectivity index (χ1n) is 11.3. The Hall–Kier alpha value is -2.56. The second-order valence-corrected chi connectivity index (χ2v) is 9.77. The predicted molar refractivity (Wildman–Crippen MR) is 126 cm³/mol. The Morgan fingerprint density at radius 3 is 2.47 bits per heavy atom. The van der Waals surface area contributed by atoms with Crippen molar-refractivity contribution in [3.05, 3.63) is 60.4 Å². The highest BCUT2D eigenvalue weighted by atomic mass is 32.2. The molecule has 1 saturated carbocycles. The highest BCUT2D eigenvalue weighted by Crippen LogP contribution is 2.40. The molecule has 5 rings (SSSR count). The molecule has 0 spiro atoms. The van der Waals surface area contributed by atoms with Crippen molar-refractivity contribution in [3.63, 3.8) is 0 Å². The number of aliphatic hydroxyl groups is 1. The lowest BCUT2D eigenvalue weighted by atomic mass is 9.83. The van der Waals surface area contributed by atoms with Gasteiger partial charge in [0.25, 0.3) is 0 Å². The maximum absolute atomic E-state index is 13.9. The molecule has 6 nitrogen and oxygen atoms in total. The minimum Gasteiger partial charge on any atom is -0.375 e. The molecule has 0 radical (unpaired) electrons. The maximum Gasteiger partial charge on any atom is 0.422 e. The van der Waals surface area contributed by atoms with Crippen LogP contribution in [-0.2, 0) is 5.60 Å². The zero-order chi connectivity index (χ0) is 23.9. The van der Waals surface area contributed by atoms with E-state index in [2.05, 4.69) is 20.3 Å². The summed E-state index contributed by atoms with van der Waals surface area (Å²) >= 11 is 1.44. The Kier molecular flexibility index (Phi) is 6.07. The normalized spacial score (nSPS) is 21.2. The third kappa shape index (κ3) is 4.08. The van der Waals surface area contributed by atoms with Crippen LogP contribution >= 0.6 is 11.8 Å². The van der Waals surface area contributed by atoms with E-state index in [-0.39, 0.29) is 17.5 Å². The van der Waals surface area contributed by atoms with Gasteiger partial charge in [0.2, 0.25) is 0 Å². The standard InChI is InChI=1S/C24H26F3N5OS/c1-34-18-8-4-16(5-9-18)23(33,24(25,26)27)12-29-17-6-2-15(3-7-17)20-21-19-10-11-28-22(19)31-14-32(21)13-30-20/h4-5,8-11,13-15,17,28-29,33H,2-3,6-7,12H2,1H3. The predicted octanol–water partition coefficient (Wildman–Crippen LogP) is 5.00. The lowest BCUT2D eigenvalue weighted by molar-refractivity contribution is -0.264. The van der Waals surface area contributed by atoms with E-state index in [1.165, 1.54) is 23.9 Å². The summed E-state index contributed by atoms with van der Waals surface area (Å²) in [7, 11) is 0. The number of nitrogens with zero attached hydrogens (tertiary/aromatic N) is 3. The average Bonchev–Trinajstić information content (AvgIpc) is 3.49. The van der Waals surface area contributed by atoms with Crippen LogP contribution in [0.15, 0.2) is 54.1 Å². The first kappa shape index (κ1) is 23.2. The van der Waals surface area contributed by atoms with Crippen molar-refractivity contribution in [2.45, 2.75) is 54.3 Å². The van der Waals surface area contributed by atoms with Crippen LogP contribution in [-0.4, -0.2) is 49.5 Å². The van der Waals surface area contributed by atoms with Crippen molar-refractivity contribution >= 4 is 28.3 Å². The Morgan fingerprint density at radius 1 is 1.09 bits per heavy atom. The molecule has 3 heterocycles. The van der Waals surface area contributed by atoms with Crippen LogP contribution in [0.3, 0.4) is 0 Å². The largest absolute Gasteiger partial charge is 0.422 e. The molecule has 1 unspecified atom stereocenters. The Morgan fingerprint density at radius 2 is 1.79 bits per heavy atom. The van der Waals surface area contributed by atoms with E-state index in [9.17, 15) is 18.3 Å². The summed E-state index contributed by atoms with van der Waals surface area (Å²) in [5, 5.41) is 14.7. The number of aromatic amines is 1. The molecule has 1 aliphatic rings. The molecule has 0 amide bonds. The third-order valence-corrected chi connectivity index (χ3v) is 7.65. The molecule has 3 N–H and O–H groups in total. The fraction of sp³-hybridized carbons (Fsp3) is 0.417. The number of nitrogens with one attached hydrogen (secondary N) is 2. The second-order valence-electron chi connectivity index (χ2n) is 8.89. The van der Waals surface area contributed by atoms with Gasteiger partial charge in [0.05, 0.1) is 11.2 Å². The second kappa shape index (κ2) is 8.90. The molecule has 1 fully saturated rings. The number of benzene rings is 1. The number of H-pyrrole nitrogens is 1. The van der Waals surface area contributed by atoms with Gasteiger partial charge >= 0.3 is 6.18 Å². The number of hydrogen-bond donors (Lipinski definition) is 3. The van der Waals surface area contributed by atoms with Crippen molar-refractivity contribution in [2.75, 3.05) is 12.8 Å². The van der Waals surface area contributed by atoms with Gasteiger partial charge < -0.3 is 15.4 Å². The number of alkyl halides is 3. The van der Waals surface area contributed by atoms with Crippen molar-refractivity contribution in [3.8, 4) is 0 Å². The van der Waals surface area contributed by atoms with E-state index in [4.69, 9.17) is 0 Å². The molecule has 0 saturated heterocycles. The number of halogens is 3.